The summed E-state index contributed by atoms with van der Waals surface area (Å²) < 4.78 is 10.8. The zero-order valence-corrected chi connectivity index (χ0v) is 20.8. The summed E-state index contributed by atoms with van der Waals surface area (Å²) >= 11 is 0. The summed E-state index contributed by atoms with van der Waals surface area (Å²) in [4.78, 5) is 29.3. The zero-order chi connectivity index (χ0) is 23.1. The van der Waals surface area contributed by atoms with Crippen LogP contribution in [0.1, 0.15) is 94.9 Å². The van der Waals surface area contributed by atoms with E-state index in [-0.39, 0.29) is 34.3 Å². The Morgan fingerprint density at radius 1 is 0.633 bits per heavy atom. The lowest BCUT2D eigenvalue weighted by atomic mass is 9.70. The van der Waals surface area contributed by atoms with E-state index in [0.717, 1.165) is 25.7 Å². The molecule has 2 aliphatic rings. The number of piperidine rings is 2. The summed E-state index contributed by atoms with van der Waals surface area (Å²) in [5, 5.41) is 0. The molecule has 2 heterocycles. The number of nitrogens with zero attached hydrogens (tertiary/aromatic N) is 2. The Kier molecular flexibility index (Phi) is 6.61. The molecule has 0 aromatic rings. The summed E-state index contributed by atoms with van der Waals surface area (Å²) in [6.45, 7) is 21.4. The molecule has 6 nitrogen and oxygen atoms in total. The third kappa shape index (κ3) is 4.62. The van der Waals surface area contributed by atoms with E-state index in [1.165, 1.54) is 11.1 Å². The van der Waals surface area contributed by atoms with E-state index >= 15 is 0 Å². The van der Waals surface area contributed by atoms with Crippen LogP contribution in [0.4, 0.5) is 9.59 Å². The van der Waals surface area contributed by atoms with Crippen LogP contribution in [0.5, 0.6) is 0 Å². The number of carbonyl (C=O) groups is 2. The minimum absolute atomic E-state index is 0.241. The molecule has 2 fully saturated rings. The molecule has 0 N–H and O–H groups in total. The Balaban J connectivity index is 2.43. The van der Waals surface area contributed by atoms with E-state index in [1.807, 2.05) is 23.6 Å². The molecular weight excluding hydrogens is 380 g/mol. The third-order valence-electron chi connectivity index (χ3n) is 6.41. The molecule has 0 spiro atoms. The van der Waals surface area contributed by atoms with Crippen LogP contribution in [0, 0.1) is 0 Å². The van der Waals surface area contributed by atoms with Gasteiger partial charge in [0.1, 0.15) is 0 Å². The number of likely N-dealkylation sites (tertiary alicyclic amines) is 2. The molecule has 0 aromatic carbocycles. The van der Waals surface area contributed by atoms with Gasteiger partial charge in [0.05, 0.1) is 13.2 Å². The highest BCUT2D eigenvalue weighted by molar-refractivity contribution is 5.71. The largest absolute Gasteiger partial charge is 0.450 e. The van der Waals surface area contributed by atoms with Crippen molar-refractivity contribution < 1.29 is 19.1 Å². The van der Waals surface area contributed by atoms with Crippen LogP contribution in [0.25, 0.3) is 0 Å². The van der Waals surface area contributed by atoms with Gasteiger partial charge in [-0.05, 0) is 94.9 Å². The van der Waals surface area contributed by atoms with Crippen molar-refractivity contribution >= 4 is 12.2 Å². The standard InChI is InChI=1S/C24H42N2O4/c1-11-29-19(27)25-21(3,4)13-17(14-22(25,5)6)18-15-23(7,8)26(20(28)30-12-2)24(9,10)16-18/h11-16H2,1-10H3. The molecular formula is C24H42N2O4. The molecule has 0 aliphatic carbocycles. The van der Waals surface area contributed by atoms with Crippen LogP contribution in [0.2, 0.25) is 0 Å². The quantitative estimate of drug-likeness (QED) is 0.520. The molecule has 30 heavy (non-hydrogen) atoms. The number of hydrogen-bond acceptors (Lipinski definition) is 4. The number of amides is 2. The lowest BCUT2D eigenvalue weighted by Crippen LogP contribution is -2.63. The van der Waals surface area contributed by atoms with Gasteiger partial charge < -0.3 is 9.47 Å². The first-order valence-electron chi connectivity index (χ1n) is 11.2. The van der Waals surface area contributed by atoms with Crippen LogP contribution in [-0.4, -0.2) is 57.4 Å². The molecule has 0 bridgehead atoms. The molecule has 6 heteroatoms. The van der Waals surface area contributed by atoms with Gasteiger partial charge in [0.15, 0.2) is 0 Å². The molecule has 0 saturated carbocycles. The second-order valence-corrected chi connectivity index (χ2v) is 11.2. The fourth-order valence-electron chi connectivity index (χ4n) is 6.03. The maximum atomic E-state index is 12.7. The second kappa shape index (κ2) is 8.08. The fourth-order valence-corrected chi connectivity index (χ4v) is 6.03. The lowest BCUT2D eigenvalue weighted by Gasteiger charge is -2.56. The third-order valence-corrected chi connectivity index (χ3v) is 6.41. The predicted octanol–water partition coefficient (Wildman–Crippen LogP) is 5.90. The van der Waals surface area contributed by atoms with Gasteiger partial charge in [-0.25, -0.2) is 9.59 Å². The SMILES string of the molecule is CCOC(=O)N1C(C)(C)CC(=C2CC(C)(C)N(C(=O)OCC)C(C)(C)C2)CC1(C)C. The topological polar surface area (TPSA) is 59.1 Å². The fraction of sp³-hybridized carbons (Fsp3) is 0.833. The normalized spacial score (nSPS) is 24.5. The van der Waals surface area contributed by atoms with Gasteiger partial charge >= 0.3 is 12.2 Å². The summed E-state index contributed by atoms with van der Waals surface area (Å²) in [6, 6.07) is 0. The molecule has 2 rings (SSSR count). The van der Waals surface area contributed by atoms with Gasteiger partial charge in [-0.2, -0.15) is 0 Å². The van der Waals surface area contributed by atoms with Crippen molar-refractivity contribution in [2.75, 3.05) is 13.2 Å². The minimum Gasteiger partial charge on any atom is -0.450 e. The first-order valence-corrected chi connectivity index (χ1v) is 11.2. The van der Waals surface area contributed by atoms with Crippen molar-refractivity contribution in [2.24, 2.45) is 0 Å². The lowest BCUT2D eigenvalue weighted by molar-refractivity contribution is -0.0160. The van der Waals surface area contributed by atoms with Crippen molar-refractivity contribution in [3.63, 3.8) is 0 Å². The van der Waals surface area contributed by atoms with Crippen LogP contribution in [-0.2, 0) is 9.47 Å². The van der Waals surface area contributed by atoms with Gasteiger partial charge in [0, 0.05) is 22.2 Å². The zero-order valence-electron chi connectivity index (χ0n) is 20.8. The number of hydrogen-bond donors (Lipinski definition) is 0. The van der Waals surface area contributed by atoms with Crippen LogP contribution in [0.15, 0.2) is 11.1 Å². The summed E-state index contributed by atoms with van der Waals surface area (Å²) in [6.07, 6.45) is 2.78. The Labute approximate surface area is 183 Å². The molecule has 2 amide bonds. The predicted molar refractivity (Wildman–Crippen MR) is 120 cm³/mol. The molecule has 2 saturated heterocycles. The molecule has 0 radical (unpaired) electrons. The van der Waals surface area contributed by atoms with E-state index in [0.29, 0.717) is 13.2 Å². The smallest absolute Gasteiger partial charge is 0.410 e. The highest BCUT2D eigenvalue weighted by atomic mass is 16.6. The Bertz CT molecular complexity index is 619. The Morgan fingerprint density at radius 3 is 1.07 bits per heavy atom. The van der Waals surface area contributed by atoms with E-state index in [2.05, 4.69) is 55.4 Å². The van der Waals surface area contributed by atoms with Crippen molar-refractivity contribution in [3.8, 4) is 0 Å². The van der Waals surface area contributed by atoms with Crippen LogP contribution in [0.3, 0.4) is 0 Å². The maximum absolute atomic E-state index is 12.7. The van der Waals surface area contributed by atoms with Gasteiger partial charge in [-0.3, -0.25) is 9.80 Å². The number of ether oxygens (including phenoxy) is 2. The molecule has 0 unspecified atom stereocenters. The molecule has 0 atom stereocenters. The Morgan fingerprint density at radius 2 is 0.867 bits per heavy atom. The van der Waals surface area contributed by atoms with Crippen LogP contribution >= 0.6 is 0 Å². The number of rotatable bonds is 2. The van der Waals surface area contributed by atoms with Crippen LogP contribution < -0.4 is 0 Å². The molecule has 2 aliphatic heterocycles. The van der Waals surface area contributed by atoms with Crippen molar-refractivity contribution in [3.05, 3.63) is 11.1 Å². The van der Waals surface area contributed by atoms with Gasteiger partial charge in [-0.1, -0.05) is 11.1 Å². The molecule has 172 valence electrons. The second-order valence-electron chi connectivity index (χ2n) is 11.2. The number of carbonyl (C=O) groups excluding carboxylic acids is 2. The summed E-state index contributed by atoms with van der Waals surface area (Å²) in [7, 11) is 0. The monoisotopic (exact) mass is 422 g/mol. The first kappa shape index (κ1) is 24.5. The Hall–Kier alpha value is -1.72. The summed E-state index contributed by atoms with van der Waals surface area (Å²) in [5.74, 6) is 0. The van der Waals surface area contributed by atoms with E-state index < -0.39 is 0 Å². The van der Waals surface area contributed by atoms with E-state index in [4.69, 9.17) is 9.47 Å². The highest BCUT2D eigenvalue weighted by Gasteiger charge is 2.51. The van der Waals surface area contributed by atoms with Crippen molar-refractivity contribution in [2.45, 2.75) is 117 Å². The van der Waals surface area contributed by atoms with E-state index in [9.17, 15) is 9.59 Å². The van der Waals surface area contributed by atoms with Gasteiger partial charge in [-0.15, -0.1) is 0 Å². The van der Waals surface area contributed by atoms with Gasteiger partial charge in [0.2, 0.25) is 0 Å². The molecule has 0 aromatic heterocycles. The van der Waals surface area contributed by atoms with Gasteiger partial charge in [0.25, 0.3) is 0 Å². The average Bonchev–Trinajstić information content (AvgIpc) is 2.50. The highest BCUT2D eigenvalue weighted by Crippen LogP contribution is 2.48. The van der Waals surface area contributed by atoms with Crippen molar-refractivity contribution in [1.82, 2.24) is 9.80 Å². The summed E-state index contributed by atoms with van der Waals surface area (Å²) in [5.41, 5.74) is 1.45. The van der Waals surface area contributed by atoms with Crippen molar-refractivity contribution in [1.29, 1.82) is 0 Å². The van der Waals surface area contributed by atoms with E-state index in [1.54, 1.807) is 0 Å². The minimum atomic E-state index is -0.344. The first-order chi connectivity index (χ1) is 13.6. The maximum Gasteiger partial charge on any atom is 0.410 e. The average molecular weight is 423 g/mol.